The Labute approximate surface area is 72.4 Å². The normalized spacial score (nSPS) is 16.7. The molecule has 2 nitrogen and oxygen atoms in total. The summed E-state index contributed by atoms with van der Waals surface area (Å²) < 4.78 is 1.28. The maximum Gasteiger partial charge on any atom is 0.237 e. The van der Waals surface area contributed by atoms with Gasteiger partial charge < -0.3 is 0 Å². The molecule has 2 rings (SSSR count). The van der Waals surface area contributed by atoms with E-state index in [2.05, 4.69) is 6.07 Å². The van der Waals surface area contributed by atoms with Crippen LogP contribution in [0, 0.1) is 0 Å². The van der Waals surface area contributed by atoms with Crippen LogP contribution in [0.2, 0.25) is 0 Å². The summed E-state index contributed by atoms with van der Waals surface area (Å²) in [5.41, 5.74) is 2.42. The molecule has 1 aromatic heterocycles. The molecule has 0 atom stereocenters. The Kier molecular flexibility index (Phi) is 1.98. The van der Waals surface area contributed by atoms with Gasteiger partial charge >= 0.3 is 0 Å². The molecule has 0 amide bonds. The van der Waals surface area contributed by atoms with Gasteiger partial charge in [-0.15, -0.1) is 0 Å². The Bertz CT molecular complexity index is 283. The molecule has 0 saturated heterocycles. The van der Waals surface area contributed by atoms with Crippen molar-refractivity contribution in [3.8, 4) is 0 Å². The van der Waals surface area contributed by atoms with Gasteiger partial charge in [-0.2, -0.15) is 0 Å². The third-order valence-corrected chi connectivity index (χ3v) is 2.53. The van der Waals surface area contributed by atoms with E-state index in [1.54, 1.807) is 6.20 Å². The second-order valence-electron chi connectivity index (χ2n) is 3.39. The third-order valence-electron chi connectivity index (χ3n) is 2.53. The van der Waals surface area contributed by atoms with E-state index in [1.807, 2.05) is 6.07 Å². The Morgan fingerprint density at radius 3 is 2.92 bits per heavy atom. The van der Waals surface area contributed by atoms with Crippen LogP contribution in [0.4, 0.5) is 0 Å². The van der Waals surface area contributed by atoms with Crippen LogP contribution in [-0.4, -0.2) is 5.21 Å². The van der Waals surface area contributed by atoms with Crippen molar-refractivity contribution in [2.45, 2.75) is 32.1 Å². The fourth-order valence-electron chi connectivity index (χ4n) is 1.86. The largest absolute Gasteiger partial charge is 0.285 e. The van der Waals surface area contributed by atoms with Crippen molar-refractivity contribution >= 4 is 0 Å². The van der Waals surface area contributed by atoms with E-state index >= 15 is 0 Å². The lowest BCUT2D eigenvalue weighted by atomic mass is 10.1. The van der Waals surface area contributed by atoms with Crippen LogP contribution >= 0.6 is 0 Å². The van der Waals surface area contributed by atoms with Gasteiger partial charge in [0.15, 0.2) is 0 Å². The van der Waals surface area contributed by atoms with Crippen molar-refractivity contribution in [2.75, 3.05) is 0 Å². The summed E-state index contributed by atoms with van der Waals surface area (Å²) in [6.45, 7) is 0. The van der Waals surface area contributed by atoms with Gasteiger partial charge in [-0.05, 0) is 25.3 Å². The maximum absolute atomic E-state index is 9.50. The summed E-state index contributed by atoms with van der Waals surface area (Å²) >= 11 is 0. The molecule has 1 aromatic rings. The number of aromatic nitrogens is 1. The lowest BCUT2D eigenvalue weighted by Crippen LogP contribution is -2.35. The van der Waals surface area contributed by atoms with Crippen LogP contribution in [0.15, 0.2) is 18.3 Å². The van der Waals surface area contributed by atoms with Crippen molar-refractivity contribution in [2.24, 2.45) is 0 Å². The first-order valence-electron chi connectivity index (χ1n) is 4.59. The van der Waals surface area contributed by atoms with Gasteiger partial charge in [-0.1, -0.05) is 6.42 Å². The Morgan fingerprint density at radius 1 is 1.17 bits per heavy atom. The van der Waals surface area contributed by atoms with E-state index in [-0.39, 0.29) is 0 Å². The number of hydrogen-bond acceptors (Lipinski definition) is 1. The summed E-state index contributed by atoms with van der Waals surface area (Å²) in [5.74, 6) is 0. The molecule has 2 heteroatoms. The summed E-state index contributed by atoms with van der Waals surface area (Å²) in [5, 5.41) is 9.50. The summed E-state index contributed by atoms with van der Waals surface area (Å²) in [6.07, 6.45) is 7.61. The SMILES string of the molecule is O[n+]1cccc2c1CCCCC2. The average molecular weight is 164 g/mol. The quantitative estimate of drug-likeness (QED) is 0.350. The summed E-state index contributed by atoms with van der Waals surface area (Å²) in [7, 11) is 0. The van der Waals surface area contributed by atoms with E-state index in [0.717, 1.165) is 18.5 Å². The predicted molar refractivity (Wildman–Crippen MR) is 45.1 cm³/mol. The molecule has 0 saturated carbocycles. The highest BCUT2D eigenvalue weighted by molar-refractivity contribution is 5.16. The molecule has 1 aliphatic rings. The van der Waals surface area contributed by atoms with Gasteiger partial charge in [-0.25, -0.2) is 0 Å². The molecule has 12 heavy (non-hydrogen) atoms. The highest BCUT2D eigenvalue weighted by Crippen LogP contribution is 2.16. The third kappa shape index (κ3) is 1.29. The fourth-order valence-corrected chi connectivity index (χ4v) is 1.86. The zero-order valence-electron chi connectivity index (χ0n) is 7.16. The van der Waals surface area contributed by atoms with E-state index in [9.17, 15) is 5.21 Å². The van der Waals surface area contributed by atoms with Gasteiger partial charge in [0.25, 0.3) is 0 Å². The Balaban J connectivity index is 2.42. The van der Waals surface area contributed by atoms with Gasteiger partial charge in [-0.3, -0.25) is 5.21 Å². The smallest absolute Gasteiger partial charge is 0.237 e. The highest BCUT2D eigenvalue weighted by atomic mass is 16.5. The fraction of sp³-hybridized carbons (Fsp3) is 0.500. The van der Waals surface area contributed by atoms with Gasteiger partial charge in [0.05, 0.1) is 0 Å². The number of hydrogen-bond donors (Lipinski definition) is 1. The van der Waals surface area contributed by atoms with Crippen LogP contribution in [-0.2, 0) is 12.8 Å². The zero-order valence-corrected chi connectivity index (χ0v) is 7.16. The molecule has 64 valence electrons. The van der Waals surface area contributed by atoms with E-state index in [0.29, 0.717) is 0 Å². The van der Waals surface area contributed by atoms with Gasteiger partial charge in [0.1, 0.15) is 0 Å². The molecule has 0 radical (unpaired) electrons. The second kappa shape index (κ2) is 3.13. The minimum absolute atomic E-state index is 1.02. The van der Waals surface area contributed by atoms with Gasteiger partial charge in [0, 0.05) is 22.8 Å². The first kappa shape index (κ1) is 7.59. The minimum atomic E-state index is 1.02. The first-order valence-corrected chi connectivity index (χ1v) is 4.59. The van der Waals surface area contributed by atoms with Crippen LogP contribution in [0.1, 0.15) is 30.5 Å². The molecular weight excluding hydrogens is 150 g/mol. The topological polar surface area (TPSA) is 24.1 Å². The second-order valence-corrected chi connectivity index (χ2v) is 3.39. The number of fused-ring (bicyclic) bond motifs is 1. The Hall–Kier alpha value is -1.05. The first-order chi connectivity index (χ1) is 5.88. The molecule has 0 aliphatic heterocycles. The molecule has 0 aromatic carbocycles. The monoisotopic (exact) mass is 164 g/mol. The lowest BCUT2D eigenvalue weighted by Gasteiger charge is -1.98. The molecule has 0 fully saturated rings. The molecule has 1 N–H and O–H groups in total. The standard InChI is InChI=1S/C10H14NO/c12-11-8-4-6-9-5-2-1-3-7-10(9)11/h4,6,8,12H,1-3,5,7H2/q+1. The van der Waals surface area contributed by atoms with Crippen molar-refractivity contribution in [3.05, 3.63) is 29.6 Å². The predicted octanol–water partition coefficient (Wildman–Crippen LogP) is 1.48. The zero-order chi connectivity index (χ0) is 8.39. The highest BCUT2D eigenvalue weighted by Gasteiger charge is 2.17. The lowest BCUT2D eigenvalue weighted by molar-refractivity contribution is -0.909. The summed E-state index contributed by atoms with van der Waals surface area (Å²) in [4.78, 5) is 0. The van der Waals surface area contributed by atoms with Crippen molar-refractivity contribution < 1.29 is 9.94 Å². The summed E-state index contributed by atoms with van der Waals surface area (Å²) in [6, 6.07) is 4.03. The van der Waals surface area contributed by atoms with Crippen LogP contribution < -0.4 is 4.73 Å². The number of aryl methyl sites for hydroxylation is 1. The molecule has 1 heterocycles. The van der Waals surface area contributed by atoms with Crippen molar-refractivity contribution in [3.63, 3.8) is 0 Å². The molecule has 1 aliphatic carbocycles. The van der Waals surface area contributed by atoms with Crippen LogP contribution in [0.3, 0.4) is 0 Å². The van der Waals surface area contributed by atoms with Gasteiger partial charge in [0.2, 0.25) is 11.9 Å². The molecule has 0 bridgehead atoms. The number of nitrogens with zero attached hydrogens (tertiary/aromatic N) is 1. The van der Waals surface area contributed by atoms with Crippen LogP contribution in [0.25, 0.3) is 0 Å². The molecule has 0 unspecified atom stereocenters. The van der Waals surface area contributed by atoms with E-state index in [1.165, 1.54) is 29.6 Å². The Morgan fingerprint density at radius 2 is 2.00 bits per heavy atom. The van der Waals surface area contributed by atoms with Crippen LogP contribution in [0.5, 0.6) is 0 Å². The molecular formula is C10H14NO+. The average Bonchev–Trinajstić information content (AvgIpc) is 2.30. The van der Waals surface area contributed by atoms with E-state index < -0.39 is 0 Å². The minimum Gasteiger partial charge on any atom is -0.285 e. The van der Waals surface area contributed by atoms with Crippen molar-refractivity contribution in [1.29, 1.82) is 0 Å². The number of rotatable bonds is 0. The molecule has 0 spiro atoms. The number of pyridine rings is 1. The van der Waals surface area contributed by atoms with Crippen molar-refractivity contribution in [1.82, 2.24) is 0 Å². The van der Waals surface area contributed by atoms with E-state index in [4.69, 9.17) is 0 Å². The maximum atomic E-state index is 9.50.